The highest BCUT2D eigenvalue weighted by atomic mass is 35.5. The zero-order chi connectivity index (χ0) is 29.0. The topological polar surface area (TPSA) is 138 Å². The minimum Gasteiger partial charge on any atom is -0.490 e. The summed E-state index contributed by atoms with van der Waals surface area (Å²) in [4.78, 5) is 22.4. The minimum atomic E-state index is -0.458. The van der Waals surface area contributed by atoms with Gasteiger partial charge in [0.05, 0.1) is 12.2 Å². The van der Waals surface area contributed by atoms with Gasteiger partial charge in [-0.2, -0.15) is 0 Å². The van der Waals surface area contributed by atoms with Crippen LogP contribution in [0.1, 0.15) is 95.1 Å². The highest BCUT2D eigenvalue weighted by Gasteiger charge is 2.31. The largest absolute Gasteiger partial charge is 0.490 e. The molecule has 6 rings (SSSR count). The molecule has 2 aliphatic carbocycles. The number of halogens is 2. The number of nitrogens with two attached hydrogens (primary N) is 2. The first-order chi connectivity index (χ1) is 19.6. The van der Waals surface area contributed by atoms with Crippen LogP contribution in [0, 0.1) is 0 Å². The average Bonchev–Trinajstić information content (AvgIpc) is 3.87. The van der Waals surface area contributed by atoms with Gasteiger partial charge in [0, 0.05) is 48.7 Å². The van der Waals surface area contributed by atoms with Crippen LogP contribution in [0.3, 0.4) is 0 Å². The Morgan fingerprint density at radius 3 is 1.65 bits per heavy atom. The van der Waals surface area contributed by atoms with Crippen LogP contribution >= 0.6 is 24.8 Å². The molecule has 4 aliphatic rings. The van der Waals surface area contributed by atoms with Crippen molar-refractivity contribution in [2.75, 3.05) is 37.6 Å². The van der Waals surface area contributed by atoms with Gasteiger partial charge in [-0.25, -0.2) is 14.8 Å². The average molecular weight is 640 g/mol. The number of carbonyl (C=O) groups is 1. The van der Waals surface area contributed by atoms with E-state index in [9.17, 15) is 4.79 Å². The van der Waals surface area contributed by atoms with Crippen molar-refractivity contribution in [3.63, 3.8) is 0 Å². The number of hydrogen-bond donors (Lipinski definition) is 3. The predicted octanol–water partition coefficient (Wildman–Crippen LogP) is 5.84. The molecule has 2 saturated carbocycles. The van der Waals surface area contributed by atoms with E-state index in [0.717, 1.165) is 68.7 Å². The number of nitrogen functional groups attached to an aromatic ring is 2. The number of likely N-dealkylation sites (tertiary alicyclic amines) is 1. The molecule has 0 unspecified atom stereocenters. The molecule has 2 saturated heterocycles. The maximum Gasteiger partial charge on any atom is 0.410 e. The number of nitrogens with zero attached hydrogens (tertiary/aromatic N) is 3. The first kappa shape index (κ1) is 34.8. The van der Waals surface area contributed by atoms with E-state index in [1.165, 1.54) is 18.4 Å². The fraction of sp³-hybridized carbons (Fsp3) is 0.645. The van der Waals surface area contributed by atoms with Gasteiger partial charge in [0.25, 0.3) is 0 Å². The van der Waals surface area contributed by atoms with Crippen LogP contribution in [0.4, 0.5) is 16.4 Å². The standard InChI is InChI=1S/C18H27N3O3.C13H19N3O.2ClH/c1-18(2,3)24-17(22)21-8-6-12(7-9-21)14-11-20-16(19)10-15(14)23-13-4-5-13;14-13-7-12(17-10-1-2-10)11(8-16-13)9-3-5-15-6-4-9;;/h10-13H,4-9H2,1-3H3,(H2,19,20);7-10,15H,1-6H2,(H2,14,16);2*1H. The molecule has 0 bridgehead atoms. The highest BCUT2D eigenvalue weighted by molar-refractivity contribution is 5.85. The summed E-state index contributed by atoms with van der Waals surface area (Å²) < 4.78 is 17.4. The molecule has 2 aromatic heterocycles. The van der Waals surface area contributed by atoms with Crippen molar-refractivity contribution >= 4 is 42.5 Å². The SMILES string of the molecule is CC(C)(C)OC(=O)N1CCC(c2cnc(N)cc2OC2CC2)CC1.Cl.Cl.Nc1cc(OC2CC2)c(C2CCNCC2)cn1. The first-order valence-electron chi connectivity index (χ1n) is 15.2. The van der Waals surface area contributed by atoms with Gasteiger partial charge in [0.1, 0.15) is 28.7 Å². The molecule has 0 atom stereocenters. The lowest BCUT2D eigenvalue weighted by molar-refractivity contribution is 0.0204. The lowest BCUT2D eigenvalue weighted by Gasteiger charge is -2.34. The van der Waals surface area contributed by atoms with E-state index < -0.39 is 5.60 Å². The van der Waals surface area contributed by atoms with Crippen molar-refractivity contribution in [1.82, 2.24) is 20.2 Å². The van der Waals surface area contributed by atoms with E-state index in [1.807, 2.05) is 45.3 Å². The summed E-state index contributed by atoms with van der Waals surface area (Å²) in [6.07, 6.45) is 12.9. The Labute approximate surface area is 267 Å². The summed E-state index contributed by atoms with van der Waals surface area (Å²) in [5.74, 6) is 3.77. The summed E-state index contributed by atoms with van der Waals surface area (Å²) in [5, 5.41) is 3.38. The summed E-state index contributed by atoms with van der Waals surface area (Å²) in [6.45, 7) is 9.20. The van der Waals surface area contributed by atoms with Crippen molar-refractivity contribution in [1.29, 1.82) is 0 Å². The van der Waals surface area contributed by atoms with Crippen molar-refractivity contribution in [2.24, 2.45) is 0 Å². The van der Waals surface area contributed by atoms with E-state index in [0.29, 0.717) is 48.8 Å². The third-order valence-corrected chi connectivity index (χ3v) is 7.83. The van der Waals surface area contributed by atoms with Gasteiger partial charge in [-0.3, -0.25) is 0 Å². The second-order valence-corrected chi connectivity index (χ2v) is 12.7. The Balaban J connectivity index is 0.000000236. The van der Waals surface area contributed by atoms with E-state index in [-0.39, 0.29) is 30.9 Å². The van der Waals surface area contributed by atoms with Crippen molar-refractivity contribution in [2.45, 2.75) is 102 Å². The third-order valence-electron chi connectivity index (χ3n) is 7.83. The van der Waals surface area contributed by atoms with Gasteiger partial charge in [-0.1, -0.05) is 0 Å². The molecule has 240 valence electrons. The molecule has 2 aromatic rings. The maximum absolute atomic E-state index is 12.2. The van der Waals surface area contributed by atoms with Crippen molar-refractivity contribution in [3.05, 3.63) is 35.7 Å². The molecule has 4 fully saturated rings. The van der Waals surface area contributed by atoms with Crippen LogP contribution in [-0.2, 0) is 4.74 Å². The second-order valence-electron chi connectivity index (χ2n) is 12.7. The molecular formula is C31H48Cl2N6O4. The summed E-state index contributed by atoms with van der Waals surface area (Å²) in [7, 11) is 0. The molecular weight excluding hydrogens is 591 g/mol. The normalized spacial score (nSPS) is 19.2. The Morgan fingerprint density at radius 1 is 0.791 bits per heavy atom. The van der Waals surface area contributed by atoms with Crippen LogP contribution in [0.5, 0.6) is 11.5 Å². The van der Waals surface area contributed by atoms with Gasteiger partial charge in [-0.15, -0.1) is 24.8 Å². The number of pyridine rings is 2. The summed E-state index contributed by atoms with van der Waals surface area (Å²) in [6, 6.07) is 3.71. The molecule has 2 aliphatic heterocycles. The van der Waals surface area contributed by atoms with Gasteiger partial charge < -0.3 is 35.9 Å². The Morgan fingerprint density at radius 2 is 1.23 bits per heavy atom. The number of nitrogens with one attached hydrogen (secondary N) is 1. The monoisotopic (exact) mass is 638 g/mol. The van der Waals surface area contributed by atoms with E-state index in [2.05, 4.69) is 15.3 Å². The van der Waals surface area contributed by atoms with E-state index in [1.54, 1.807) is 4.90 Å². The van der Waals surface area contributed by atoms with Crippen molar-refractivity contribution < 1.29 is 19.0 Å². The zero-order valence-corrected chi connectivity index (χ0v) is 27.2. The van der Waals surface area contributed by atoms with Crippen LogP contribution in [0.2, 0.25) is 0 Å². The number of ether oxygens (including phenoxy) is 3. The number of amides is 1. The summed E-state index contributed by atoms with van der Waals surface area (Å²) >= 11 is 0. The molecule has 4 heterocycles. The first-order valence-corrected chi connectivity index (χ1v) is 15.2. The number of hydrogen-bond acceptors (Lipinski definition) is 9. The molecule has 0 aromatic carbocycles. The lowest BCUT2D eigenvalue weighted by atomic mass is 9.90. The molecule has 12 heteroatoms. The Hall–Kier alpha value is -2.69. The summed E-state index contributed by atoms with van der Waals surface area (Å²) in [5.41, 5.74) is 13.5. The zero-order valence-electron chi connectivity index (χ0n) is 25.5. The quantitative estimate of drug-likeness (QED) is 0.356. The minimum absolute atomic E-state index is 0. The molecule has 0 spiro atoms. The van der Waals surface area contributed by atoms with Crippen molar-refractivity contribution in [3.8, 4) is 11.5 Å². The van der Waals surface area contributed by atoms with Crippen LogP contribution in [-0.4, -0.2) is 64.9 Å². The third kappa shape index (κ3) is 10.5. The molecule has 43 heavy (non-hydrogen) atoms. The molecule has 1 amide bonds. The van der Waals surface area contributed by atoms with Crippen LogP contribution in [0.25, 0.3) is 0 Å². The van der Waals surface area contributed by atoms with Gasteiger partial charge in [0.15, 0.2) is 0 Å². The number of aromatic nitrogens is 2. The number of rotatable bonds is 6. The van der Waals surface area contributed by atoms with E-state index >= 15 is 0 Å². The fourth-order valence-electron chi connectivity index (χ4n) is 5.31. The second kappa shape index (κ2) is 15.3. The van der Waals surface area contributed by atoms with Gasteiger partial charge in [0.2, 0.25) is 0 Å². The Kier molecular flexibility index (Phi) is 12.4. The predicted molar refractivity (Wildman–Crippen MR) is 174 cm³/mol. The van der Waals surface area contributed by atoms with E-state index in [4.69, 9.17) is 25.7 Å². The molecule has 0 radical (unpaired) electrons. The molecule has 10 nitrogen and oxygen atoms in total. The smallest absolute Gasteiger partial charge is 0.410 e. The number of piperidine rings is 2. The van der Waals surface area contributed by atoms with Crippen LogP contribution in [0.15, 0.2) is 24.5 Å². The van der Waals surface area contributed by atoms with Gasteiger partial charge in [-0.05, 0) is 97.1 Å². The van der Waals surface area contributed by atoms with Crippen LogP contribution < -0.4 is 26.3 Å². The molecule has 5 N–H and O–H groups in total. The van der Waals surface area contributed by atoms with Gasteiger partial charge >= 0.3 is 6.09 Å². The number of carbonyl (C=O) groups excluding carboxylic acids is 1. The Bertz CT molecular complexity index is 1190. The lowest BCUT2D eigenvalue weighted by Crippen LogP contribution is -2.41. The fourth-order valence-corrected chi connectivity index (χ4v) is 5.31. The number of anilines is 2. The maximum atomic E-state index is 12.2. The highest BCUT2D eigenvalue weighted by Crippen LogP contribution is 2.38.